The van der Waals surface area contributed by atoms with Crippen LogP contribution < -0.4 is 5.73 Å². The molecule has 1 atom stereocenters. The van der Waals surface area contributed by atoms with Crippen LogP contribution in [-0.4, -0.2) is 18.8 Å². The molecule has 1 aliphatic carbocycles. The first-order valence-corrected chi connectivity index (χ1v) is 10.2. The number of hydrogen-bond acceptors (Lipinski definition) is 4. The van der Waals surface area contributed by atoms with Crippen LogP contribution in [0.15, 0.2) is 29.2 Å². The fourth-order valence-electron chi connectivity index (χ4n) is 3.69. The fraction of sp³-hybridized carbons (Fsp3) is 0.368. The number of fused-ring (bicyclic) bond motifs is 1. The number of hydrogen-bond donors (Lipinski definition) is 2. The van der Waals surface area contributed by atoms with E-state index in [1.54, 1.807) is 24.3 Å². The van der Waals surface area contributed by atoms with Crippen LogP contribution in [0, 0.1) is 13.8 Å². The summed E-state index contributed by atoms with van der Waals surface area (Å²) in [4.78, 5) is 0.287. The van der Waals surface area contributed by atoms with Crippen molar-refractivity contribution in [1.29, 1.82) is 0 Å². The molecule has 6 heteroatoms. The molecule has 0 spiro atoms. The topological polar surface area (TPSA) is 80.4 Å². The van der Waals surface area contributed by atoms with Gasteiger partial charge >= 0.3 is 0 Å². The number of aliphatic hydroxyl groups excluding tert-OH is 1. The Labute approximate surface area is 153 Å². The molecule has 0 aromatic heterocycles. The van der Waals surface area contributed by atoms with Crippen LogP contribution in [0.2, 0.25) is 5.02 Å². The molecule has 0 heterocycles. The van der Waals surface area contributed by atoms with E-state index in [9.17, 15) is 13.5 Å². The molecule has 1 unspecified atom stereocenters. The van der Waals surface area contributed by atoms with Crippen LogP contribution in [0.3, 0.4) is 0 Å². The molecule has 0 bridgehead atoms. The van der Waals surface area contributed by atoms with Crippen molar-refractivity contribution >= 4 is 27.1 Å². The molecule has 0 amide bonds. The van der Waals surface area contributed by atoms with E-state index in [2.05, 4.69) is 0 Å². The normalized spacial score (nSPS) is 17.4. The molecule has 0 fully saturated rings. The lowest BCUT2D eigenvalue weighted by Gasteiger charge is -2.29. The molecule has 134 valence electrons. The smallest absolute Gasteiger partial charge is 0.181 e. The Morgan fingerprint density at radius 1 is 1.16 bits per heavy atom. The number of aliphatic hydroxyl groups is 1. The van der Waals surface area contributed by atoms with E-state index in [0.29, 0.717) is 30.0 Å². The number of nitrogen functional groups attached to an aromatic ring is 1. The summed E-state index contributed by atoms with van der Waals surface area (Å²) < 4.78 is 26.0. The molecule has 2 aromatic carbocycles. The molecular formula is C19H22ClNO3S. The van der Waals surface area contributed by atoms with Gasteiger partial charge in [-0.1, -0.05) is 11.6 Å². The van der Waals surface area contributed by atoms with Gasteiger partial charge in [-0.15, -0.1) is 0 Å². The molecule has 2 aromatic rings. The zero-order chi connectivity index (χ0) is 18.4. The first-order valence-electron chi connectivity index (χ1n) is 8.27. The minimum Gasteiger partial charge on any atom is -0.398 e. The van der Waals surface area contributed by atoms with Gasteiger partial charge in [-0.3, -0.25) is 0 Å². The third-order valence-corrected chi connectivity index (χ3v) is 7.82. The van der Waals surface area contributed by atoms with E-state index >= 15 is 0 Å². The first kappa shape index (κ1) is 18.2. The highest BCUT2D eigenvalue weighted by Gasteiger charge is 2.33. The summed E-state index contributed by atoms with van der Waals surface area (Å²) in [5.74, 6) is 0. The van der Waals surface area contributed by atoms with Gasteiger partial charge in [0.2, 0.25) is 0 Å². The summed E-state index contributed by atoms with van der Waals surface area (Å²) >= 11 is 5.87. The Hall–Kier alpha value is -1.56. The average molecular weight is 380 g/mol. The van der Waals surface area contributed by atoms with E-state index in [0.717, 1.165) is 27.8 Å². The molecule has 0 radical (unpaired) electrons. The third kappa shape index (κ3) is 3.05. The number of nitrogens with two attached hydrogens (primary N) is 1. The highest BCUT2D eigenvalue weighted by molar-refractivity contribution is 7.92. The molecule has 4 nitrogen and oxygen atoms in total. The van der Waals surface area contributed by atoms with Gasteiger partial charge in [0.25, 0.3) is 0 Å². The molecule has 0 saturated carbocycles. The molecule has 25 heavy (non-hydrogen) atoms. The van der Waals surface area contributed by atoms with Crippen LogP contribution in [0.1, 0.15) is 34.2 Å². The second-order valence-corrected chi connectivity index (χ2v) is 9.29. The fourth-order valence-corrected chi connectivity index (χ4v) is 5.53. The van der Waals surface area contributed by atoms with Gasteiger partial charge in [-0.05, 0) is 85.2 Å². The Morgan fingerprint density at radius 3 is 2.40 bits per heavy atom. The number of anilines is 1. The van der Waals surface area contributed by atoms with Gasteiger partial charge < -0.3 is 10.8 Å². The van der Waals surface area contributed by atoms with Gasteiger partial charge in [-0.25, -0.2) is 8.42 Å². The summed E-state index contributed by atoms with van der Waals surface area (Å²) in [7, 11) is -3.46. The van der Waals surface area contributed by atoms with E-state index in [1.807, 2.05) is 13.8 Å². The average Bonchev–Trinajstić information content (AvgIpc) is 2.60. The third-order valence-electron chi connectivity index (χ3n) is 5.36. The van der Waals surface area contributed by atoms with Crippen molar-refractivity contribution < 1.29 is 13.5 Å². The summed E-state index contributed by atoms with van der Waals surface area (Å²) in [5, 5.41) is 9.74. The summed E-state index contributed by atoms with van der Waals surface area (Å²) in [5.41, 5.74) is 11.7. The van der Waals surface area contributed by atoms with E-state index < -0.39 is 15.1 Å². The van der Waals surface area contributed by atoms with Gasteiger partial charge in [0.15, 0.2) is 9.84 Å². The molecule has 3 N–H and O–H groups in total. The zero-order valence-electron chi connectivity index (χ0n) is 14.3. The van der Waals surface area contributed by atoms with Crippen molar-refractivity contribution in [2.24, 2.45) is 0 Å². The lowest BCUT2D eigenvalue weighted by Crippen LogP contribution is -2.30. The number of benzene rings is 2. The van der Waals surface area contributed by atoms with Crippen molar-refractivity contribution in [3.05, 3.63) is 57.1 Å². The van der Waals surface area contributed by atoms with Gasteiger partial charge in [0, 0.05) is 10.7 Å². The largest absolute Gasteiger partial charge is 0.398 e. The van der Waals surface area contributed by atoms with Gasteiger partial charge in [0.05, 0.1) is 16.8 Å². The second kappa shape index (κ2) is 6.63. The minimum atomic E-state index is -3.46. The Kier molecular flexibility index (Phi) is 4.84. The van der Waals surface area contributed by atoms with Gasteiger partial charge in [0.1, 0.15) is 0 Å². The highest BCUT2D eigenvalue weighted by atomic mass is 35.5. The van der Waals surface area contributed by atoms with Crippen molar-refractivity contribution in [2.75, 3.05) is 5.73 Å². The zero-order valence-corrected chi connectivity index (χ0v) is 15.9. The predicted octanol–water partition coefficient (Wildman–Crippen LogP) is 3.36. The lowest BCUT2D eigenvalue weighted by molar-refractivity contribution is 0.279. The van der Waals surface area contributed by atoms with Crippen LogP contribution >= 0.6 is 11.6 Å². The van der Waals surface area contributed by atoms with Crippen molar-refractivity contribution in [3.63, 3.8) is 0 Å². The second-order valence-electron chi connectivity index (χ2n) is 6.62. The van der Waals surface area contributed by atoms with Crippen LogP contribution in [-0.2, 0) is 29.3 Å². The molecule has 1 aliphatic rings. The van der Waals surface area contributed by atoms with E-state index in [4.69, 9.17) is 17.3 Å². The van der Waals surface area contributed by atoms with Crippen molar-refractivity contribution in [1.82, 2.24) is 0 Å². The summed E-state index contributed by atoms with van der Waals surface area (Å²) in [6.07, 6.45) is 1.50. The first-order chi connectivity index (χ1) is 11.8. The number of rotatable bonds is 3. The number of sulfone groups is 1. The molecule has 0 aliphatic heterocycles. The van der Waals surface area contributed by atoms with Crippen LogP contribution in [0.25, 0.3) is 0 Å². The quantitative estimate of drug-likeness (QED) is 0.801. The van der Waals surface area contributed by atoms with Crippen molar-refractivity contribution in [2.45, 2.75) is 49.9 Å². The van der Waals surface area contributed by atoms with E-state index in [-0.39, 0.29) is 11.5 Å². The predicted molar refractivity (Wildman–Crippen MR) is 101 cm³/mol. The maximum absolute atomic E-state index is 13.0. The summed E-state index contributed by atoms with van der Waals surface area (Å²) in [6, 6.07) is 6.29. The van der Waals surface area contributed by atoms with Crippen LogP contribution in [0.5, 0.6) is 0 Å². The minimum absolute atomic E-state index is 0.0517. The standard InChI is InChI=1S/C19H22ClNO3S/c1-11-12(2)19(21)17-9-15(7-8-16(17)18(11)10-22)25(23,24)14-5-3-13(20)4-6-14/h3-6,15,22H,7-10,21H2,1-2H3. The Balaban J connectivity index is 2.04. The number of halogens is 1. The van der Waals surface area contributed by atoms with E-state index in [1.165, 1.54) is 0 Å². The van der Waals surface area contributed by atoms with Crippen LogP contribution in [0.4, 0.5) is 5.69 Å². The molecular weight excluding hydrogens is 358 g/mol. The maximum atomic E-state index is 13.0. The SMILES string of the molecule is Cc1c(C)c(CO)c2c(c1N)CC(S(=O)(=O)c1ccc(Cl)cc1)CC2. The monoisotopic (exact) mass is 379 g/mol. The molecule has 3 rings (SSSR count). The summed E-state index contributed by atoms with van der Waals surface area (Å²) in [6.45, 7) is 3.82. The maximum Gasteiger partial charge on any atom is 0.181 e. The Morgan fingerprint density at radius 2 is 1.80 bits per heavy atom. The Bertz CT molecular complexity index is 921. The van der Waals surface area contributed by atoms with Gasteiger partial charge in [-0.2, -0.15) is 0 Å². The lowest BCUT2D eigenvalue weighted by atomic mass is 9.83. The highest BCUT2D eigenvalue weighted by Crippen LogP contribution is 2.37. The molecule has 0 saturated heterocycles. The van der Waals surface area contributed by atoms with Crippen molar-refractivity contribution in [3.8, 4) is 0 Å².